The Bertz CT molecular complexity index is 466. The third-order valence-corrected chi connectivity index (χ3v) is 4.99. The average molecular weight is 278 g/mol. The summed E-state index contributed by atoms with van der Waals surface area (Å²) >= 11 is 1.80. The van der Waals surface area contributed by atoms with Crippen LogP contribution in [-0.4, -0.2) is 30.0 Å². The van der Waals surface area contributed by atoms with E-state index in [0.29, 0.717) is 30.0 Å². The molecule has 19 heavy (non-hydrogen) atoms. The minimum absolute atomic E-state index is 0.189. The summed E-state index contributed by atoms with van der Waals surface area (Å²) < 4.78 is 11.0. The second-order valence-electron chi connectivity index (χ2n) is 5.00. The van der Waals surface area contributed by atoms with Crippen LogP contribution in [0.3, 0.4) is 0 Å². The zero-order chi connectivity index (χ0) is 13.1. The van der Waals surface area contributed by atoms with Crippen molar-refractivity contribution in [1.82, 2.24) is 0 Å². The molecule has 0 atom stereocenters. The molecule has 0 spiro atoms. The van der Waals surface area contributed by atoms with Crippen LogP contribution in [0, 0.1) is 0 Å². The molecule has 4 heteroatoms. The molecule has 102 valence electrons. The van der Waals surface area contributed by atoms with Crippen LogP contribution in [0.5, 0.6) is 11.5 Å². The summed E-state index contributed by atoms with van der Waals surface area (Å²) in [5, 5.41) is 0.682. The molecule has 0 amide bonds. The minimum atomic E-state index is 0.189. The third-order valence-electron chi connectivity index (χ3n) is 3.62. The van der Waals surface area contributed by atoms with Crippen LogP contribution in [0.25, 0.3) is 0 Å². The number of carbonyl (C=O) groups is 1. The van der Waals surface area contributed by atoms with Gasteiger partial charge in [0.1, 0.15) is 13.2 Å². The Kier molecular flexibility index (Phi) is 3.97. The van der Waals surface area contributed by atoms with Crippen LogP contribution >= 0.6 is 11.8 Å². The lowest BCUT2D eigenvalue weighted by atomic mass is 10.1. The molecular formula is C15H18O3S. The summed E-state index contributed by atoms with van der Waals surface area (Å²) in [4.78, 5) is 12.2. The standard InChI is InChI=1S/C15H18O3S/c16-13(10-19-12-3-1-2-4-12)11-5-6-14-15(9-11)18-8-7-17-14/h5-6,9,12H,1-4,7-8,10H2. The highest BCUT2D eigenvalue weighted by molar-refractivity contribution is 8.00. The number of hydrogen-bond donors (Lipinski definition) is 0. The number of ketones is 1. The molecule has 0 aromatic heterocycles. The molecule has 3 nitrogen and oxygen atoms in total. The lowest BCUT2D eigenvalue weighted by molar-refractivity contribution is 0.102. The quantitative estimate of drug-likeness (QED) is 0.792. The van der Waals surface area contributed by atoms with Crippen molar-refractivity contribution in [3.05, 3.63) is 23.8 Å². The Morgan fingerprint density at radius 2 is 1.89 bits per heavy atom. The maximum absolute atomic E-state index is 12.2. The van der Waals surface area contributed by atoms with Crippen LogP contribution in [0.1, 0.15) is 36.0 Å². The van der Waals surface area contributed by atoms with Gasteiger partial charge in [0.25, 0.3) is 0 Å². The van der Waals surface area contributed by atoms with E-state index in [0.717, 1.165) is 11.3 Å². The third kappa shape index (κ3) is 3.06. The minimum Gasteiger partial charge on any atom is -0.486 e. The SMILES string of the molecule is O=C(CSC1CCCC1)c1ccc2c(c1)OCCO2. The normalized spacial score (nSPS) is 18.5. The van der Waals surface area contributed by atoms with Crippen molar-refractivity contribution in [1.29, 1.82) is 0 Å². The molecule has 0 saturated heterocycles. The molecule has 3 rings (SSSR count). The maximum atomic E-state index is 12.2. The van der Waals surface area contributed by atoms with Crippen molar-refractivity contribution in [2.75, 3.05) is 19.0 Å². The largest absolute Gasteiger partial charge is 0.486 e. The Morgan fingerprint density at radius 3 is 2.68 bits per heavy atom. The second-order valence-corrected chi connectivity index (χ2v) is 6.29. The number of Topliss-reactive ketones (excluding diaryl/α,β-unsaturated/α-hetero) is 1. The van der Waals surface area contributed by atoms with Gasteiger partial charge in [-0.1, -0.05) is 12.8 Å². The predicted molar refractivity (Wildman–Crippen MR) is 76.5 cm³/mol. The number of ether oxygens (including phenoxy) is 2. The van der Waals surface area contributed by atoms with E-state index >= 15 is 0 Å². The first-order valence-electron chi connectivity index (χ1n) is 6.87. The van der Waals surface area contributed by atoms with Gasteiger partial charge >= 0.3 is 0 Å². The van der Waals surface area contributed by atoms with Gasteiger partial charge in [0.15, 0.2) is 17.3 Å². The Morgan fingerprint density at radius 1 is 1.16 bits per heavy atom. The lowest BCUT2D eigenvalue weighted by Crippen LogP contribution is -2.16. The molecule has 1 saturated carbocycles. The van der Waals surface area contributed by atoms with Gasteiger partial charge < -0.3 is 9.47 Å². The number of hydrogen-bond acceptors (Lipinski definition) is 4. The van der Waals surface area contributed by atoms with E-state index in [-0.39, 0.29) is 5.78 Å². The summed E-state index contributed by atoms with van der Waals surface area (Å²) in [5.41, 5.74) is 0.731. The van der Waals surface area contributed by atoms with Crippen molar-refractivity contribution in [3.63, 3.8) is 0 Å². The van der Waals surface area contributed by atoms with E-state index in [1.807, 2.05) is 18.2 Å². The highest BCUT2D eigenvalue weighted by Crippen LogP contribution is 2.32. The zero-order valence-corrected chi connectivity index (χ0v) is 11.7. The van der Waals surface area contributed by atoms with Gasteiger partial charge in [-0.05, 0) is 31.0 Å². The van der Waals surface area contributed by atoms with Gasteiger partial charge in [-0.15, -0.1) is 0 Å². The van der Waals surface area contributed by atoms with Crippen LogP contribution in [0.2, 0.25) is 0 Å². The molecule has 1 fully saturated rings. The molecule has 0 radical (unpaired) electrons. The molecule has 0 N–H and O–H groups in total. The molecule has 1 aliphatic carbocycles. The maximum Gasteiger partial charge on any atom is 0.172 e. The first-order chi connectivity index (χ1) is 9.33. The van der Waals surface area contributed by atoms with Gasteiger partial charge in [-0.25, -0.2) is 0 Å². The smallest absolute Gasteiger partial charge is 0.172 e. The van der Waals surface area contributed by atoms with E-state index in [1.165, 1.54) is 25.7 Å². The van der Waals surface area contributed by atoms with Crippen LogP contribution in [0.15, 0.2) is 18.2 Å². The molecule has 1 aromatic carbocycles. The van der Waals surface area contributed by atoms with Crippen molar-refractivity contribution in [3.8, 4) is 11.5 Å². The van der Waals surface area contributed by atoms with Crippen molar-refractivity contribution in [2.24, 2.45) is 0 Å². The summed E-state index contributed by atoms with van der Waals surface area (Å²) in [7, 11) is 0. The number of thioether (sulfide) groups is 1. The molecule has 1 aromatic rings. The van der Waals surface area contributed by atoms with Gasteiger partial charge in [-0.3, -0.25) is 4.79 Å². The molecule has 1 heterocycles. The van der Waals surface area contributed by atoms with Crippen molar-refractivity contribution < 1.29 is 14.3 Å². The van der Waals surface area contributed by atoms with E-state index in [4.69, 9.17) is 9.47 Å². The van der Waals surface area contributed by atoms with Gasteiger partial charge in [-0.2, -0.15) is 11.8 Å². The topological polar surface area (TPSA) is 35.5 Å². The predicted octanol–water partition coefficient (Wildman–Crippen LogP) is 3.32. The van der Waals surface area contributed by atoms with Crippen molar-refractivity contribution in [2.45, 2.75) is 30.9 Å². The van der Waals surface area contributed by atoms with E-state index < -0.39 is 0 Å². The fraction of sp³-hybridized carbons (Fsp3) is 0.533. The van der Waals surface area contributed by atoms with Crippen molar-refractivity contribution >= 4 is 17.5 Å². The molecular weight excluding hydrogens is 260 g/mol. The summed E-state index contributed by atoms with van der Waals surface area (Å²) in [6.45, 7) is 1.14. The number of fused-ring (bicyclic) bond motifs is 1. The van der Waals surface area contributed by atoms with Gasteiger partial charge in [0, 0.05) is 10.8 Å². The highest BCUT2D eigenvalue weighted by atomic mass is 32.2. The van der Waals surface area contributed by atoms with E-state index in [2.05, 4.69) is 0 Å². The fourth-order valence-corrected chi connectivity index (χ4v) is 3.77. The lowest BCUT2D eigenvalue weighted by Gasteiger charge is -2.18. The van der Waals surface area contributed by atoms with Gasteiger partial charge in [0.05, 0.1) is 5.75 Å². The Hall–Kier alpha value is -1.16. The molecule has 0 bridgehead atoms. The average Bonchev–Trinajstić information content (AvgIpc) is 2.97. The number of carbonyl (C=O) groups excluding carboxylic acids is 1. The van der Waals surface area contributed by atoms with Gasteiger partial charge in [0.2, 0.25) is 0 Å². The monoisotopic (exact) mass is 278 g/mol. The van der Waals surface area contributed by atoms with E-state index in [9.17, 15) is 4.79 Å². The van der Waals surface area contributed by atoms with E-state index in [1.54, 1.807) is 11.8 Å². The van der Waals surface area contributed by atoms with Crippen LogP contribution in [-0.2, 0) is 0 Å². The number of rotatable bonds is 4. The zero-order valence-electron chi connectivity index (χ0n) is 10.9. The Labute approximate surface area is 117 Å². The molecule has 1 aliphatic heterocycles. The highest BCUT2D eigenvalue weighted by Gasteiger charge is 2.19. The first kappa shape index (κ1) is 12.9. The summed E-state index contributed by atoms with van der Waals surface area (Å²) in [6.07, 6.45) is 5.16. The molecule has 0 unspecified atom stereocenters. The van der Waals surface area contributed by atoms with Crippen LogP contribution in [0.4, 0.5) is 0 Å². The first-order valence-corrected chi connectivity index (χ1v) is 7.92. The van der Waals surface area contributed by atoms with Crippen LogP contribution < -0.4 is 9.47 Å². The molecule has 2 aliphatic rings. The fourth-order valence-electron chi connectivity index (χ4n) is 2.55. The summed E-state index contributed by atoms with van der Waals surface area (Å²) in [5.74, 6) is 2.20. The second kappa shape index (κ2) is 5.87. The Balaban J connectivity index is 1.62. The number of benzene rings is 1. The summed E-state index contributed by atoms with van der Waals surface area (Å²) in [6, 6.07) is 5.49.